The summed E-state index contributed by atoms with van der Waals surface area (Å²) in [6, 6.07) is 0. The van der Waals surface area contributed by atoms with E-state index in [2.05, 4.69) is 15.9 Å². The molecule has 0 spiro atoms. The van der Waals surface area contributed by atoms with Crippen molar-refractivity contribution in [1.29, 1.82) is 0 Å². The van der Waals surface area contributed by atoms with Crippen molar-refractivity contribution in [3.63, 3.8) is 0 Å². The van der Waals surface area contributed by atoms with Gasteiger partial charge in [-0.2, -0.15) is 4.31 Å². The molecule has 1 heterocycles. The minimum atomic E-state index is -3.18. The van der Waals surface area contributed by atoms with Gasteiger partial charge in [-0.1, -0.05) is 36.7 Å². The van der Waals surface area contributed by atoms with Gasteiger partial charge in [0.15, 0.2) is 0 Å². The second kappa shape index (κ2) is 5.55. The SMILES string of the molecule is CC1CN(S(=O)(=O)CC(C)(C)C)CC(CBr)O1. The van der Waals surface area contributed by atoms with Crippen LogP contribution in [0, 0.1) is 5.41 Å². The van der Waals surface area contributed by atoms with E-state index >= 15 is 0 Å². The lowest BCUT2D eigenvalue weighted by Gasteiger charge is -2.36. The zero-order valence-corrected chi connectivity index (χ0v) is 13.3. The molecule has 0 aliphatic carbocycles. The van der Waals surface area contributed by atoms with Crippen molar-refractivity contribution >= 4 is 26.0 Å². The van der Waals surface area contributed by atoms with Crippen LogP contribution >= 0.6 is 15.9 Å². The van der Waals surface area contributed by atoms with Crippen LogP contribution in [0.25, 0.3) is 0 Å². The summed E-state index contributed by atoms with van der Waals surface area (Å²) in [5, 5.41) is 0.666. The molecular weight excluding hydrogens is 306 g/mol. The zero-order valence-electron chi connectivity index (χ0n) is 10.9. The van der Waals surface area contributed by atoms with E-state index < -0.39 is 10.0 Å². The topological polar surface area (TPSA) is 46.6 Å². The van der Waals surface area contributed by atoms with Crippen LogP contribution < -0.4 is 0 Å². The smallest absolute Gasteiger partial charge is 0.214 e. The molecule has 0 aromatic carbocycles. The van der Waals surface area contributed by atoms with Gasteiger partial charge >= 0.3 is 0 Å². The monoisotopic (exact) mass is 327 g/mol. The van der Waals surface area contributed by atoms with Crippen LogP contribution in [-0.4, -0.2) is 49.1 Å². The van der Waals surface area contributed by atoms with E-state index in [1.54, 1.807) is 4.31 Å². The minimum Gasteiger partial charge on any atom is -0.372 e. The first-order valence-corrected chi connectivity index (χ1v) is 8.56. The van der Waals surface area contributed by atoms with Crippen LogP contribution in [0.1, 0.15) is 27.7 Å². The Kier molecular flexibility index (Phi) is 5.03. The first kappa shape index (κ1) is 15.4. The Morgan fingerprint density at radius 3 is 2.41 bits per heavy atom. The lowest BCUT2D eigenvalue weighted by Crippen LogP contribution is -2.51. The molecule has 2 unspecified atom stereocenters. The molecule has 6 heteroatoms. The van der Waals surface area contributed by atoms with Crippen molar-refractivity contribution < 1.29 is 13.2 Å². The Morgan fingerprint density at radius 1 is 1.35 bits per heavy atom. The van der Waals surface area contributed by atoms with Crippen molar-refractivity contribution in [3.05, 3.63) is 0 Å². The Labute approximate surface area is 113 Å². The summed E-state index contributed by atoms with van der Waals surface area (Å²) in [7, 11) is -3.18. The number of hydrogen-bond donors (Lipinski definition) is 0. The van der Waals surface area contributed by atoms with Crippen LogP contribution in [0.4, 0.5) is 0 Å². The van der Waals surface area contributed by atoms with Gasteiger partial charge in [-0.25, -0.2) is 8.42 Å². The molecule has 0 aromatic rings. The van der Waals surface area contributed by atoms with Gasteiger partial charge in [0, 0.05) is 18.4 Å². The third-order valence-corrected chi connectivity index (χ3v) is 5.51. The standard InChI is InChI=1S/C11H22BrNO3S/c1-9-6-13(7-10(5-12)16-9)17(14,15)8-11(2,3)4/h9-10H,5-8H2,1-4H3. The van der Waals surface area contributed by atoms with Crippen molar-refractivity contribution in [1.82, 2.24) is 4.31 Å². The van der Waals surface area contributed by atoms with Crippen LogP contribution in [0.5, 0.6) is 0 Å². The van der Waals surface area contributed by atoms with Gasteiger partial charge in [-0.05, 0) is 12.3 Å². The molecule has 0 saturated carbocycles. The van der Waals surface area contributed by atoms with E-state index in [1.807, 2.05) is 27.7 Å². The molecule has 17 heavy (non-hydrogen) atoms. The molecule has 0 N–H and O–H groups in total. The summed E-state index contributed by atoms with van der Waals surface area (Å²) in [5.41, 5.74) is -0.218. The van der Waals surface area contributed by atoms with Crippen LogP contribution in [0.15, 0.2) is 0 Å². The molecule has 1 fully saturated rings. The van der Waals surface area contributed by atoms with E-state index in [-0.39, 0.29) is 23.4 Å². The normalized spacial score (nSPS) is 28.3. The van der Waals surface area contributed by atoms with Crippen LogP contribution in [0.2, 0.25) is 0 Å². The van der Waals surface area contributed by atoms with Crippen LogP contribution in [-0.2, 0) is 14.8 Å². The number of sulfonamides is 1. The predicted molar refractivity (Wildman–Crippen MR) is 72.9 cm³/mol. The maximum atomic E-state index is 12.3. The highest BCUT2D eigenvalue weighted by Gasteiger charge is 2.34. The van der Waals surface area contributed by atoms with Gasteiger partial charge in [-0.3, -0.25) is 0 Å². The fourth-order valence-electron chi connectivity index (χ4n) is 1.95. The number of hydrogen-bond acceptors (Lipinski definition) is 3. The highest BCUT2D eigenvalue weighted by molar-refractivity contribution is 9.09. The lowest BCUT2D eigenvalue weighted by molar-refractivity contribution is -0.0412. The Hall–Kier alpha value is 0.350. The number of morpholine rings is 1. The first-order valence-electron chi connectivity index (χ1n) is 5.83. The summed E-state index contributed by atoms with van der Waals surface area (Å²) in [5.74, 6) is 0.182. The third-order valence-electron chi connectivity index (χ3n) is 2.47. The molecule has 0 aromatic heterocycles. The van der Waals surface area contributed by atoms with Gasteiger partial charge in [0.05, 0.1) is 18.0 Å². The highest BCUT2D eigenvalue weighted by Crippen LogP contribution is 2.22. The van der Waals surface area contributed by atoms with Crippen molar-refractivity contribution in [2.45, 2.75) is 39.9 Å². The molecule has 1 aliphatic heterocycles. The van der Waals surface area contributed by atoms with Gasteiger partial charge in [-0.15, -0.1) is 0 Å². The summed E-state index contributed by atoms with van der Waals surface area (Å²) in [6.07, 6.45) is -0.0884. The number of alkyl halides is 1. The Morgan fingerprint density at radius 2 is 1.94 bits per heavy atom. The Bertz CT molecular complexity index is 350. The predicted octanol–water partition coefficient (Wildman–Crippen LogP) is 1.85. The zero-order chi connectivity index (χ0) is 13.3. The molecule has 0 amide bonds. The molecule has 1 rings (SSSR count). The second-order valence-corrected chi connectivity index (χ2v) is 8.47. The van der Waals surface area contributed by atoms with Crippen LogP contribution in [0.3, 0.4) is 0 Å². The molecule has 0 radical (unpaired) electrons. The summed E-state index contributed by atoms with van der Waals surface area (Å²) in [4.78, 5) is 0. The largest absolute Gasteiger partial charge is 0.372 e. The fraction of sp³-hybridized carbons (Fsp3) is 1.00. The molecular formula is C11H22BrNO3S. The lowest BCUT2D eigenvalue weighted by atomic mass is 10.0. The quantitative estimate of drug-likeness (QED) is 0.743. The van der Waals surface area contributed by atoms with E-state index in [0.29, 0.717) is 18.4 Å². The fourth-order valence-corrected chi connectivity index (χ4v) is 4.42. The Balaban J connectivity index is 2.77. The molecule has 2 atom stereocenters. The average molecular weight is 328 g/mol. The summed E-state index contributed by atoms with van der Waals surface area (Å²) < 4.78 is 31.7. The van der Waals surface area contributed by atoms with Crippen molar-refractivity contribution in [2.24, 2.45) is 5.41 Å². The summed E-state index contributed by atoms with van der Waals surface area (Å²) in [6.45, 7) is 8.65. The van der Waals surface area contributed by atoms with E-state index in [9.17, 15) is 8.42 Å². The van der Waals surface area contributed by atoms with Crippen molar-refractivity contribution in [3.8, 4) is 0 Å². The molecule has 0 bridgehead atoms. The maximum absolute atomic E-state index is 12.3. The molecule has 102 valence electrons. The highest BCUT2D eigenvalue weighted by atomic mass is 79.9. The van der Waals surface area contributed by atoms with Crippen molar-refractivity contribution in [2.75, 3.05) is 24.2 Å². The number of nitrogens with zero attached hydrogens (tertiary/aromatic N) is 1. The van der Waals surface area contributed by atoms with Gasteiger partial charge in [0.25, 0.3) is 0 Å². The average Bonchev–Trinajstić information content (AvgIpc) is 2.13. The molecule has 1 aliphatic rings. The second-order valence-electron chi connectivity index (χ2n) is 5.86. The first-order chi connectivity index (χ1) is 7.64. The van der Waals surface area contributed by atoms with E-state index in [0.717, 1.165) is 0 Å². The van der Waals surface area contributed by atoms with E-state index in [4.69, 9.17) is 4.74 Å². The number of rotatable bonds is 3. The number of ether oxygens (including phenoxy) is 1. The third kappa shape index (κ3) is 4.85. The minimum absolute atomic E-state index is 0.0407. The van der Waals surface area contributed by atoms with E-state index in [1.165, 1.54) is 0 Å². The molecule has 4 nitrogen and oxygen atoms in total. The van der Waals surface area contributed by atoms with Gasteiger partial charge in [0.2, 0.25) is 10.0 Å². The maximum Gasteiger partial charge on any atom is 0.214 e. The number of halogens is 1. The van der Waals surface area contributed by atoms with Gasteiger partial charge in [0.1, 0.15) is 0 Å². The summed E-state index contributed by atoms with van der Waals surface area (Å²) >= 11 is 3.35. The van der Waals surface area contributed by atoms with Gasteiger partial charge < -0.3 is 4.74 Å². The molecule has 1 saturated heterocycles.